The molecule has 0 aliphatic heterocycles. The van der Waals surface area contributed by atoms with Gasteiger partial charge in [0.2, 0.25) is 15.8 Å². The molecule has 8 heteroatoms. The number of sulfonamides is 1. The van der Waals surface area contributed by atoms with E-state index in [1.165, 1.54) is 37.5 Å². The second kappa shape index (κ2) is 7.98. The van der Waals surface area contributed by atoms with Gasteiger partial charge in [0.15, 0.2) is 6.10 Å². The SMILES string of the molecule is C[C@H](OC(=O)CCc1ccco1)C(=O)c1ccc(NS(C)(=O)=O)cc1. The molecular formula is C17H19NO6S. The van der Waals surface area contributed by atoms with Gasteiger partial charge in [-0.15, -0.1) is 0 Å². The Labute approximate surface area is 146 Å². The number of benzene rings is 1. The molecule has 1 N–H and O–H groups in total. The van der Waals surface area contributed by atoms with E-state index in [0.29, 0.717) is 23.4 Å². The van der Waals surface area contributed by atoms with Gasteiger partial charge < -0.3 is 9.15 Å². The Morgan fingerprint density at radius 2 is 1.88 bits per heavy atom. The first-order valence-corrected chi connectivity index (χ1v) is 9.47. The van der Waals surface area contributed by atoms with Crippen molar-refractivity contribution in [2.24, 2.45) is 0 Å². The van der Waals surface area contributed by atoms with Crippen LogP contribution in [0.15, 0.2) is 47.1 Å². The van der Waals surface area contributed by atoms with Crippen molar-refractivity contribution < 1.29 is 27.2 Å². The monoisotopic (exact) mass is 365 g/mol. The fraction of sp³-hybridized carbons (Fsp3) is 0.294. The van der Waals surface area contributed by atoms with E-state index in [9.17, 15) is 18.0 Å². The number of anilines is 1. The van der Waals surface area contributed by atoms with Crippen molar-refractivity contribution >= 4 is 27.5 Å². The Bertz CT molecular complexity index is 825. The maximum Gasteiger partial charge on any atom is 0.306 e. The molecular weight excluding hydrogens is 346 g/mol. The molecule has 0 spiro atoms. The predicted octanol–water partition coefficient (Wildman–Crippen LogP) is 2.40. The maximum absolute atomic E-state index is 12.3. The summed E-state index contributed by atoms with van der Waals surface area (Å²) in [6, 6.07) is 9.38. The first-order chi connectivity index (χ1) is 11.7. The number of furan rings is 1. The molecule has 1 heterocycles. The van der Waals surface area contributed by atoms with Crippen LogP contribution in [0.4, 0.5) is 5.69 Å². The van der Waals surface area contributed by atoms with Crippen LogP contribution in [0.25, 0.3) is 0 Å². The van der Waals surface area contributed by atoms with E-state index in [2.05, 4.69) is 4.72 Å². The minimum atomic E-state index is -3.38. The van der Waals surface area contributed by atoms with Crippen molar-refractivity contribution in [2.75, 3.05) is 11.0 Å². The van der Waals surface area contributed by atoms with Gasteiger partial charge in [-0.3, -0.25) is 14.3 Å². The van der Waals surface area contributed by atoms with Gasteiger partial charge in [-0.1, -0.05) is 0 Å². The first-order valence-electron chi connectivity index (χ1n) is 7.58. The van der Waals surface area contributed by atoms with Gasteiger partial charge in [-0.25, -0.2) is 8.42 Å². The van der Waals surface area contributed by atoms with Gasteiger partial charge >= 0.3 is 5.97 Å². The van der Waals surface area contributed by atoms with Crippen LogP contribution in [0, 0.1) is 0 Å². The van der Waals surface area contributed by atoms with Gasteiger partial charge in [0, 0.05) is 17.7 Å². The standard InChI is InChI=1S/C17H19NO6S/c1-12(24-16(19)10-9-15-4-3-11-23-15)17(20)13-5-7-14(8-6-13)18-25(2,21)22/h3-8,11-12,18H,9-10H2,1-2H3/t12-/m0/s1. The summed E-state index contributed by atoms with van der Waals surface area (Å²) in [6.07, 6.45) is 2.14. The third kappa shape index (κ3) is 6.07. The number of esters is 1. The molecule has 1 aromatic carbocycles. The Morgan fingerprint density at radius 3 is 2.44 bits per heavy atom. The van der Waals surface area contributed by atoms with Crippen LogP contribution in [0.1, 0.15) is 29.5 Å². The average Bonchev–Trinajstić information content (AvgIpc) is 3.05. The molecule has 0 aliphatic carbocycles. The lowest BCUT2D eigenvalue weighted by molar-refractivity contribution is -0.146. The molecule has 0 unspecified atom stereocenters. The molecule has 2 rings (SSSR count). The van der Waals surface area contributed by atoms with Crippen molar-refractivity contribution in [1.29, 1.82) is 0 Å². The largest absolute Gasteiger partial charge is 0.469 e. The molecule has 0 aliphatic rings. The lowest BCUT2D eigenvalue weighted by Crippen LogP contribution is -2.24. The lowest BCUT2D eigenvalue weighted by Gasteiger charge is -2.12. The van der Waals surface area contributed by atoms with Crippen molar-refractivity contribution in [3.8, 4) is 0 Å². The summed E-state index contributed by atoms with van der Waals surface area (Å²) in [5.41, 5.74) is 0.674. The number of nitrogens with one attached hydrogen (secondary N) is 1. The fourth-order valence-corrected chi connectivity index (χ4v) is 2.71. The normalized spacial score (nSPS) is 12.4. The summed E-state index contributed by atoms with van der Waals surface area (Å²) in [5.74, 6) is -0.185. The molecule has 2 aromatic rings. The summed E-state index contributed by atoms with van der Waals surface area (Å²) in [6.45, 7) is 1.50. The molecule has 0 bridgehead atoms. The lowest BCUT2D eigenvalue weighted by atomic mass is 10.1. The third-order valence-corrected chi connectivity index (χ3v) is 3.91. The summed E-state index contributed by atoms with van der Waals surface area (Å²) in [7, 11) is -3.38. The number of carbonyl (C=O) groups excluding carboxylic acids is 2. The number of ether oxygens (including phenoxy) is 1. The number of carbonyl (C=O) groups is 2. The van der Waals surface area contributed by atoms with Crippen LogP contribution in [0.5, 0.6) is 0 Å². The van der Waals surface area contributed by atoms with E-state index >= 15 is 0 Å². The Morgan fingerprint density at radius 1 is 1.20 bits per heavy atom. The van der Waals surface area contributed by atoms with E-state index in [0.717, 1.165) is 6.26 Å². The number of Topliss-reactive ketones (excluding diaryl/α,β-unsaturated/α-hetero) is 1. The molecule has 7 nitrogen and oxygen atoms in total. The smallest absolute Gasteiger partial charge is 0.306 e. The van der Waals surface area contributed by atoms with E-state index < -0.39 is 22.1 Å². The first kappa shape index (κ1) is 18.7. The number of hydrogen-bond acceptors (Lipinski definition) is 6. The second-order valence-electron chi connectivity index (χ2n) is 5.53. The van der Waals surface area contributed by atoms with Crippen LogP contribution in [0.3, 0.4) is 0 Å². The molecule has 1 aromatic heterocycles. The molecule has 134 valence electrons. The predicted molar refractivity (Wildman–Crippen MR) is 91.8 cm³/mol. The summed E-state index contributed by atoms with van der Waals surface area (Å²) in [4.78, 5) is 24.1. The van der Waals surface area contributed by atoms with Crippen LogP contribution in [-0.2, 0) is 26.0 Å². The number of hydrogen-bond donors (Lipinski definition) is 1. The van der Waals surface area contributed by atoms with Crippen molar-refractivity contribution in [1.82, 2.24) is 0 Å². The summed E-state index contributed by atoms with van der Waals surface area (Å²) >= 11 is 0. The quantitative estimate of drug-likeness (QED) is 0.569. The molecule has 0 amide bonds. The Kier molecular flexibility index (Phi) is 5.97. The van der Waals surface area contributed by atoms with Crippen LogP contribution < -0.4 is 4.72 Å². The van der Waals surface area contributed by atoms with Crippen LogP contribution in [0.2, 0.25) is 0 Å². The van der Waals surface area contributed by atoms with Gasteiger partial charge in [0.25, 0.3) is 0 Å². The zero-order valence-corrected chi connectivity index (χ0v) is 14.7. The highest BCUT2D eigenvalue weighted by molar-refractivity contribution is 7.92. The molecule has 25 heavy (non-hydrogen) atoms. The zero-order valence-electron chi connectivity index (χ0n) is 13.9. The van der Waals surface area contributed by atoms with Gasteiger partial charge in [-0.05, 0) is 43.3 Å². The van der Waals surface area contributed by atoms with E-state index in [-0.39, 0.29) is 12.2 Å². The molecule has 0 saturated heterocycles. The highest BCUT2D eigenvalue weighted by atomic mass is 32.2. The van der Waals surface area contributed by atoms with Crippen LogP contribution >= 0.6 is 0 Å². The van der Waals surface area contributed by atoms with Crippen LogP contribution in [-0.4, -0.2) is 32.5 Å². The topological polar surface area (TPSA) is 103 Å². The summed E-state index contributed by atoms with van der Waals surface area (Å²) in [5, 5.41) is 0. The van der Waals surface area contributed by atoms with Gasteiger partial charge in [0.05, 0.1) is 18.9 Å². The summed E-state index contributed by atoms with van der Waals surface area (Å²) < 4.78 is 34.9. The number of rotatable bonds is 8. The Balaban J connectivity index is 1.89. The Hall–Kier alpha value is -2.61. The highest BCUT2D eigenvalue weighted by Gasteiger charge is 2.19. The van der Waals surface area contributed by atoms with E-state index in [4.69, 9.17) is 9.15 Å². The molecule has 0 radical (unpaired) electrons. The minimum absolute atomic E-state index is 0.113. The maximum atomic E-state index is 12.3. The van der Waals surface area contributed by atoms with Gasteiger partial charge in [0.1, 0.15) is 5.76 Å². The molecule has 1 atom stereocenters. The zero-order chi connectivity index (χ0) is 18.4. The minimum Gasteiger partial charge on any atom is -0.469 e. The number of aryl methyl sites for hydroxylation is 1. The number of ketones is 1. The van der Waals surface area contributed by atoms with Crippen molar-refractivity contribution in [3.05, 3.63) is 54.0 Å². The molecule has 0 fully saturated rings. The molecule has 0 saturated carbocycles. The van der Waals surface area contributed by atoms with Crippen molar-refractivity contribution in [3.63, 3.8) is 0 Å². The van der Waals surface area contributed by atoms with Gasteiger partial charge in [-0.2, -0.15) is 0 Å². The van der Waals surface area contributed by atoms with E-state index in [1.807, 2.05) is 0 Å². The van der Waals surface area contributed by atoms with Crippen molar-refractivity contribution in [2.45, 2.75) is 25.9 Å². The van der Waals surface area contributed by atoms with E-state index in [1.54, 1.807) is 12.1 Å². The second-order valence-corrected chi connectivity index (χ2v) is 7.28. The fourth-order valence-electron chi connectivity index (χ4n) is 2.14. The highest BCUT2D eigenvalue weighted by Crippen LogP contribution is 2.14. The average molecular weight is 365 g/mol. The third-order valence-electron chi connectivity index (χ3n) is 3.31.